The van der Waals surface area contributed by atoms with E-state index in [2.05, 4.69) is 4.98 Å². The number of benzene rings is 1. The van der Waals surface area contributed by atoms with Crippen LogP contribution in [0.25, 0.3) is 0 Å². The van der Waals surface area contributed by atoms with Gasteiger partial charge in [0.15, 0.2) is 0 Å². The molecule has 3 rings (SSSR count). The number of nitrogens with zero attached hydrogens (tertiary/aromatic N) is 2. The van der Waals surface area contributed by atoms with Crippen LogP contribution in [0.1, 0.15) is 29.0 Å². The van der Waals surface area contributed by atoms with Gasteiger partial charge in [-0.05, 0) is 41.8 Å². The lowest BCUT2D eigenvalue weighted by atomic mass is 9.98. The summed E-state index contributed by atoms with van der Waals surface area (Å²) in [6.45, 7) is 3.22. The second-order valence-corrected chi connectivity index (χ2v) is 5.53. The van der Waals surface area contributed by atoms with E-state index in [1.807, 2.05) is 24.0 Å². The molecule has 4 heteroatoms. The Morgan fingerprint density at radius 2 is 2.24 bits per heavy atom. The van der Waals surface area contributed by atoms with Gasteiger partial charge in [0.25, 0.3) is 0 Å². The molecule has 3 nitrogen and oxygen atoms in total. The van der Waals surface area contributed by atoms with E-state index in [0.717, 1.165) is 16.7 Å². The third-order valence-corrected chi connectivity index (χ3v) is 4.04. The molecule has 2 aromatic rings. The van der Waals surface area contributed by atoms with Crippen molar-refractivity contribution in [2.24, 2.45) is 0 Å². The molecule has 1 aromatic heterocycles. The Labute approximate surface area is 123 Å². The zero-order valence-electron chi connectivity index (χ0n) is 11.9. The number of aromatic nitrogens is 1. The molecule has 1 saturated heterocycles. The molecule has 2 heterocycles. The fourth-order valence-corrected chi connectivity index (χ4v) is 2.78. The van der Waals surface area contributed by atoms with E-state index in [9.17, 15) is 9.18 Å². The van der Waals surface area contributed by atoms with E-state index in [4.69, 9.17) is 0 Å². The minimum atomic E-state index is -0.249. The van der Waals surface area contributed by atoms with Gasteiger partial charge in [0.1, 0.15) is 5.82 Å². The molecule has 108 valence electrons. The first-order valence-electron chi connectivity index (χ1n) is 7.06. The van der Waals surface area contributed by atoms with Crippen LogP contribution in [0.2, 0.25) is 0 Å². The van der Waals surface area contributed by atoms with Gasteiger partial charge in [-0.1, -0.05) is 12.1 Å². The standard InChI is InChI=1S/C17H17FN2O/c1-12-5-6-19-9-15(12)11-20-10-14(8-17(20)21)13-3-2-4-16(18)7-13/h2-7,9,14H,8,10-11H2,1H3. The molecular formula is C17H17FN2O. The Morgan fingerprint density at radius 1 is 1.38 bits per heavy atom. The van der Waals surface area contributed by atoms with Crippen LogP contribution in [0.3, 0.4) is 0 Å². The average Bonchev–Trinajstić information content (AvgIpc) is 2.83. The number of hydrogen-bond donors (Lipinski definition) is 0. The third-order valence-electron chi connectivity index (χ3n) is 4.04. The van der Waals surface area contributed by atoms with Crippen LogP contribution in [0.5, 0.6) is 0 Å². The number of likely N-dealkylation sites (tertiary alicyclic amines) is 1. The van der Waals surface area contributed by atoms with Crippen LogP contribution < -0.4 is 0 Å². The third kappa shape index (κ3) is 2.94. The zero-order valence-corrected chi connectivity index (χ0v) is 11.9. The van der Waals surface area contributed by atoms with E-state index < -0.39 is 0 Å². The van der Waals surface area contributed by atoms with Crippen molar-refractivity contribution in [2.45, 2.75) is 25.8 Å². The van der Waals surface area contributed by atoms with Gasteiger partial charge in [-0.25, -0.2) is 4.39 Å². The first kappa shape index (κ1) is 13.7. The number of amides is 1. The Kier molecular flexibility index (Phi) is 3.69. The summed E-state index contributed by atoms with van der Waals surface area (Å²) in [6.07, 6.45) is 4.00. The molecule has 1 unspecified atom stereocenters. The SMILES string of the molecule is Cc1ccncc1CN1CC(c2cccc(F)c2)CC1=O. The molecule has 0 saturated carbocycles. The summed E-state index contributed by atoms with van der Waals surface area (Å²) in [5.74, 6) is -0.0563. The minimum absolute atomic E-state index is 0.0742. The molecule has 1 fully saturated rings. The van der Waals surface area contributed by atoms with E-state index in [1.165, 1.54) is 12.1 Å². The maximum atomic E-state index is 13.3. The number of carbonyl (C=O) groups is 1. The van der Waals surface area contributed by atoms with Gasteiger partial charge in [0.05, 0.1) is 0 Å². The Morgan fingerprint density at radius 3 is 3.00 bits per heavy atom. The van der Waals surface area contributed by atoms with Crippen molar-refractivity contribution < 1.29 is 9.18 Å². The Bertz CT molecular complexity index is 671. The molecule has 0 bridgehead atoms. The molecule has 0 spiro atoms. The van der Waals surface area contributed by atoms with Gasteiger partial charge < -0.3 is 4.90 Å². The second kappa shape index (κ2) is 5.64. The number of hydrogen-bond acceptors (Lipinski definition) is 2. The summed E-state index contributed by atoms with van der Waals surface area (Å²) in [5, 5.41) is 0. The van der Waals surface area contributed by atoms with E-state index in [0.29, 0.717) is 19.5 Å². The Hall–Kier alpha value is -2.23. The number of carbonyl (C=O) groups excluding carboxylic acids is 1. The highest BCUT2D eigenvalue weighted by atomic mass is 19.1. The maximum Gasteiger partial charge on any atom is 0.223 e. The van der Waals surface area contributed by atoms with Crippen molar-refractivity contribution in [1.29, 1.82) is 0 Å². The summed E-state index contributed by atoms with van der Waals surface area (Å²) < 4.78 is 13.3. The molecule has 0 aliphatic carbocycles. The summed E-state index contributed by atoms with van der Waals surface area (Å²) in [6, 6.07) is 8.48. The van der Waals surface area contributed by atoms with Gasteiger partial charge in [-0.3, -0.25) is 9.78 Å². The molecule has 1 aliphatic heterocycles. The predicted octanol–water partition coefficient (Wildman–Crippen LogP) is 3.05. The van der Waals surface area contributed by atoms with Gasteiger partial charge in [-0.2, -0.15) is 0 Å². The quantitative estimate of drug-likeness (QED) is 0.868. The van der Waals surface area contributed by atoms with Gasteiger partial charge in [0.2, 0.25) is 5.91 Å². The summed E-state index contributed by atoms with van der Waals surface area (Å²) in [7, 11) is 0. The molecule has 0 N–H and O–H groups in total. The molecule has 21 heavy (non-hydrogen) atoms. The molecule has 1 aliphatic rings. The molecule has 1 amide bonds. The van der Waals surface area contributed by atoms with Crippen molar-refractivity contribution in [1.82, 2.24) is 9.88 Å². The largest absolute Gasteiger partial charge is 0.338 e. The first-order chi connectivity index (χ1) is 10.1. The summed E-state index contributed by atoms with van der Waals surface area (Å²) in [5.41, 5.74) is 3.09. The lowest BCUT2D eigenvalue weighted by Gasteiger charge is -2.18. The fraction of sp³-hybridized carbons (Fsp3) is 0.294. The maximum absolute atomic E-state index is 13.3. The van der Waals surface area contributed by atoms with Crippen LogP contribution in [-0.4, -0.2) is 22.3 Å². The van der Waals surface area contributed by atoms with Crippen molar-refractivity contribution >= 4 is 5.91 Å². The highest BCUT2D eigenvalue weighted by Crippen LogP contribution is 2.29. The topological polar surface area (TPSA) is 33.2 Å². The molecular weight excluding hydrogens is 267 g/mol. The van der Waals surface area contributed by atoms with E-state index in [1.54, 1.807) is 18.5 Å². The lowest BCUT2D eigenvalue weighted by Crippen LogP contribution is -2.24. The first-order valence-corrected chi connectivity index (χ1v) is 7.06. The molecule has 1 aromatic carbocycles. The Balaban J connectivity index is 1.75. The molecule has 1 atom stereocenters. The van der Waals surface area contributed by atoms with Crippen molar-refractivity contribution in [3.8, 4) is 0 Å². The van der Waals surface area contributed by atoms with Crippen molar-refractivity contribution in [2.75, 3.05) is 6.54 Å². The van der Waals surface area contributed by atoms with Crippen LogP contribution in [0, 0.1) is 12.7 Å². The number of halogens is 1. The summed E-state index contributed by atoms with van der Waals surface area (Å²) >= 11 is 0. The smallest absolute Gasteiger partial charge is 0.223 e. The van der Waals surface area contributed by atoms with Crippen LogP contribution >= 0.6 is 0 Å². The van der Waals surface area contributed by atoms with Gasteiger partial charge in [0, 0.05) is 37.8 Å². The second-order valence-electron chi connectivity index (χ2n) is 5.53. The van der Waals surface area contributed by atoms with Crippen LogP contribution in [-0.2, 0) is 11.3 Å². The minimum Gasteiger partial charge on any atom is -0.338 e. The van der Waals surface area contributed by atoms with Gasteiger partial charge in [-0.15, -0.1) is 0 Å². The highest BCUT2D eigenvalue weighted by Gasteiger charge is 2.30. The van der Waals surface area contributed by atoms with Crippen molar-refractivity contribution in [3.05, 3.63) is 65.2 Å². The normalized spacial score (nSPS) is 18.3. The average molecular weight is 284 g/mol. The van der Waals surface area contributed by atoms with E-state index >= 15 is 0 Å². The number of rotatable bonds is 3. The van der Waals surface area contributed by atoms with Crippen molar-refractivity contribution in [3.63, 3.8) is 0 Å². The lowest BCUT2D eigenvalue weighted by molar-refractivity contribution is -0.128. The van der Waals surface area contributed by atoms with Crippen LogP contribution in [0.15, 0.2) is 42.7 Å². The van der Waals surface area contributed by atoms with Crippen LogP contribution in [0.4, 0.5) is 4.39 Å². The monoisotopic (exact) mass is 284 g/mol. The number of aryl methyl sites for hydroxylation is 1. The van der Waals surface area contributed by atoms with E-state index in [-0.39, 0.29) is 17.6 Å². The zero-order chi connectivity index (χ0) is 14.8. The molecule has 0 radical (unpaired) electrons. The highest BCUT2D eigenvalue weighted by molar-refractivity contribution is 5.79. The predicted molar refractivity (Wildman–Crippen MR) is 78.1 cm³/mol. The van der Waals surface area contributed by atoms with Gasteiger partial charge >= 0.3 is 0 Å². The number of pyridine rings is 1. The fourth-order valence-electron chi connectivity index (χ4n) is 2.78. The summed E-state index contributed by atoms with van der Waals surface area (Å²) in [4.78, 5) is 18.1.